The van der Waals surface area contributed by atoms with E-state index in [1.54, 1.807) is 10.4 Å². The molecule has 0 heterocycles. The molecule has 3 rings (SSSR count). The van der Waals surface area contributed by atoms with E-state index in [4.69, 9.17) is 0 Å². The van der Waals surface area contributed by atoms with Gasteiger partial charge >= 0.3 is 0 Å². The molecule has 0 bridgehead atoms. The fraction of sp³-hybridized carbons (Fsp3) is 0.600. The van der Waals surface area contributed by atoms with Crippen LogP contribution in [0.3, 0.4) is 0 Å². The van der Waals surface area contributed by atoms with Gasteiger partial charge in [0.1, 0.15) is 0 Å². The number of sulfonamides is 1. The highest BCUT2D eigenvalue weighted by atomic mass is 79.9. The van der Waals surface area contributed by atoms with Gasteiger partial charge in [-0.3, -0.25) is 0 Å². The first-order valence-electron chi connectivity index (χ1n) is 7.23. The van der Waals surface area contributed by atoms with Gasteiger partial charge in [-0.1, -0.05) is 22.0 Å². The highest BCUT2D eigenvalue weighted by molar-refractivity contribution is 9.10. The van der Waals surface area contributed by atoms with Crippen LogP contribution in [0.1, 0.15) is 31.2 Å². The average molecular weight is 358 g/mol. The van der Waals surface area contributed by atoms with Crippen molar-refractivity contribution in [1.29, 1.82) is 0 Å². The first-order valence-corrected chi connectivity index (χ1v) is 9.46. The van der Waals surface area contributed by atoms with Crippen LogP contribution in [0.25, 0.3) is 0 Å². The summed E-state index contributed by atoms with van der Waals surface area (Å²) >= 11 is 3.38. The molecule has 0 saturated heterocycles. The highest BCUT2D eigenvalue weighted by Gasteiger charge is 2.36. The molecule has 3 nitrogen and oxygen atoms in total. The number of hydrogen-bond acceptors (Lipinski definition) is 2. The minimum Gasteiger partial charge on any atom is -0.207 e. The zero-order chi connectivity index (χ0) is 14.3. The van der Waals surface area contributed by atoms with Crippen LogP contribution in [0, 0.1) is 18.8 Å². The minimum absolute atomic E-state index is 0.452. The summed E-state index contributed by atoms with van der Waals surface area (Å²) in [5.41, 5.74) is 0.824. The zero-order valence-corrected chi connectivity index (χ0v) is 14.1. The lowest BCUT2D eigenvalue weighted by Gasteiger charge is -2.23. The molecule has 2 fully saturated rings. The monoisotopic (exact) mass is 357 g/mol. The van der Waals surface area contributed by atoms with Gasteiger partial charge in [0.15, 0.2) is 0 Å². The molecule has 2 aliphatic carbocycles. The number of nitrogens with zero attached hydrogens (tertiary/aromatic N) is 1. The predicted octanol–water partition coefficient (Wildman–Crippen LogP) is 3.57. The molecule has 110 valence electrons. The van der Waals surface area contributed by atoms with Crippen molar-refractivity contribution >= 4 is 26.0 Å². The Bertz CT molecular complexity index is 592. The van der Waals surface area contributed by atoms with Crippen molar-refractivity contribution in [2.45, 2.75) is 37.5 Å². The van der Waals surface area contributed by atoms with E-state index in [1.807, 2.05) is 19.1 Å². The first-order chi connectivity index (χ1) is 9.46. The number of halogens is 1. The van der Waals surface area contributed by atoms with E-state index in [9.17, 15) is 8.42 Å². The maximum Gasteiger partial charge on any atom is 0.243 e. The number of hydrogen-bond donors (Lipinski definition) is 0. The van der Waals surface area contributed by atoms with E-state index < -0.39 is 10.0 Å². The molecule has 0 spiro atoms. The molecule has 5 heteroatoms. The average Bonchev–Trinajstić information content (AvgIpc) is 3.25. The van der Waals surface area contributed by atoms with Gasteiger partial charge in [0.05, 0.1) is 4.90 Å². The molecule has 20 heavy (non-hydrogen) atoms. The second-order valence-corrected chi connectivity index (χ2v) is 8.94. The Morgan fingerprint density at radius 3 is 2.20 bits per heavy atom. The Morgan fingerprint density at radius 1 is 1.15 bits per heavy atom. The molecule has 0 atom stereocenters. The number of aryl methyl sites for hydroxylation is 1. The SMILES string of the molecule is Cc1ccc(Br)cc1S(=O)(=O)N(CC1CC1)CC1CC1. The third-order valence-electron chi connectivity index (χ3n) is 4.09. The number of rotatable bonds is 6. The molecule has 0 unspecified atom stereocenters. The lowest BCUT2D eigenvalue weighted by Crippen LogP contribution is -2.35. The van der Waals surface area contributed by atoms with Gasteiger partial charge in [0.2, 0.25) is 10.0 Å². The fourth-order valence-corrected chi connectivity index (χ4v) is 4.79. The summed E-state index contributed by atoms with van der Waals surface area (Å²) in [5, 5.41) is 0. The molecule has 0 N–H and O–H groups in total. The molecule has 0 amide bonds. The maximum absolute atomic E-state index is 12.9. The zero-order valence-electron chi connectivity index (χ0n) is 11.7. The molecular weight excluding hydrogens is 338 g/mol. The second kappa shape index (κ2) is 5.43. The van der Waals surface area contributed by atoms with E-state index >= 15 is 0 Å². The van der Waals surface area contributed by atoms with Crippen molar-refractivity contribution in [2.75, 3.05) is 13.1 Å². The van der Waals surface area contributed by atoms with Gasteiger partial charge < -0.3 is 0 Å². The molecular formula is C15H20BrNO2S. The van der Waals surface area contributed by atoms with E-state index in [2.05, 4.69) is 15.9 Å². The lowest BCUT2D eigenvalue weighted by atomic mass is 10.2. The van der Waals surface area contributed by atoms with Crippen LogP contribution in [-0.4, -0.2) is 25.8 Å². The van der Waals surface area contributed by atoms with Crippen molar-refractivity contribution in [3.8, 4) is 0 Å². The number of benzene rings is 1. The quantitative estimate of drug-likeness (QED) is 0.780. The fourth-order valence-electron chi connectivity index (χ4n) is 2.44. The third kappa shape index (κ3) is 3.26. The normalized spacial score (nSPS) is 19.6. The summed E-state index contributed by atoms with van der Waals surface area (Å²) in [5.74, 6) is 1.16. The summed E-state index contributed by atoms with van der Waals surface area (Å²) in [6, 6.07) is 5.49. The molecule has 1 aromatic carbocycles. The van der Waals surface area contributed by atoms with Gasteiger partial charge in [0, 0.05) is 17.6 Å². The Labute approximate surface area is 129 Å². The Morgan fingerprint density at radius 2 is 1.70 bits per heavy atom. The van der Waals surface area contributed by atoms with E-state index in [-0.39, 0.29) is 0 Å². The van der Waals surface area contributed by atoms with Crippen LogP contribution >= 0.6 is 15.9 Å². The highest BCUT2D eigenvalue weighted by Crippen LogP contribution is 2.36. The van der Waals surface area contributed by atoms with Crippen molar-refractivity contribution in [2.24, 2.45) is 11.8 Å². The molecule has 2 aliphatic rings. The molecule has 2 saturated carbocycles. The Balaban J connectivity index is 1.91. The van der Waals surface area contributed by atoms with Crippen molar-refractivity contribution < 1.29 is 8.42 Å². The maximum atomic E-state index is 12.9. The molecule has 0 aliphatic heterocycles. The largest absolute Gasteiger partial charge is 0.243 e. The minimum atomic E-state index is -3.36. The van der Waals surface area contributed by atoms with Crippen molar-refractivity contribution in [1.82, 2.24) is 4.31 Å². The molecule has 0 radical (unpaired) electrons. The van der Waals surface area contributed by atoms with Gasteiger partial charge in [-0.05, 0) is 62.1 Å². The summed E-state index contributed by atoms with van der Waals surface area (Å²) < 4.78 is 28.4. The van der Waals surface area contributed by atoms with E-state index in [0.717, 1.165) is 10.0 Å². The van der Waals surface area contributed by atoms with Crippen LogP contribution in [0.2, 0.25) is 0 Å². The standard InChI is InChI=1S/C15H20BrNO2S/c1-11-2-7-14(16)8-15(11)20(18,19)17(9-12-3-4-12)10-13-5-6-13/h2,7-8,12-13H,3-6,9-10H2,1H3. The summed E-state index contributed by atoms with van der Waals surface area (Å²) in [6.07, 6.45) is 4.70. The second-order valence-electron chi connectivity index (χ2n) is 6.12. The third-order valence-corrected chi connectivity index (χ3v) is 6.55. The molecule has 1 aromatic rings. The van der Waals surface area contributed by atoms with Crippen LogP contribution in [0.4, 0.5) is 0 Å². The van der Waals surface area contributed by atoms with Gasteiger partial charge in [-0.15, -0.1) is 0 Å². The Kier molecular flexibility index (Phi) is 3.95. The van der Waals surface area contributed by atoms with Crippen LogP contribution in [-0.2, 0) is 10.0 Å². The molecule has 0 aromatic heterocycles. The predicted molar refractivity (Wildman–Crippen MR) is 83.1 cm³/mol. The first kappa shape index (κ1) is 14.5. The summed E-state index contributed by atoms with van der Waals surface area (Å²) in [7, 11) is -3.36. The van der Waals surface area contributed by atoms with Gasteiger partial charge in [0.25, 0.3) is 0 Å². The van der Waals surface area contributed by atoms with Crippen molar-refractivity contribution in [3.05, 3.63) is 28.2 Å². The van der Waals surface area contributed by atoms with E-state index in [1.165, 1.54) is 25.7 Å². The van der Waals surface area contributed by atoms with Gasteiger partial charge in [-0.2, -0.15) is 4.31 Å². The smallest absolute Gasteiger partial charge is 0.207 e. The van der Waals surface area contributed by atoms with Crippen molar-refractivity contribution in [3.63, 3.8) is 0 Å². The van der Waals surface area contributed by atoms with Crippen LogP contribution in [0.15, 0.2) is 27.6 Å². The summed E-state index contributed by atoms with van der Waals surface area (Å²) in [4.78, 5) is 0.452. The topological polar surface area (TPSA) is 37.4 Å². The Hall–Kier alpha value is -0.390. The summed E-state index contributed by atoms with van der Waals surface area (Å²) in [6.45, 7) is 3.27. The van der Waals surface area contributed by atoms with Crippen LogP contribution < -0.4 is 0 Å². The lowest BCUT2D eigenvalue weighted by molar-refractivity contribution is 0.382. The van der Waals surface area contributed by atoms with E-state index in [0.29, 0.717) is 29.8 Å². The van der Waals surface area contributed by atoms with Gasteiger partial charge in [-0.25, -0.2) is 8.42 Å². The van der Waals surface area contributed by atoms with Crippen LogP contribution in [0.5, 0.6) is 0 Å².